The van der Waals surface area contributed by atoms with Crippen molar-refractivity contribution in [2.45, 2.75) is 12.8 Å². The molecule has 1 aliphatic rings. The standard InChI is InChI=1S/C18H17N3O4S3/c1-25-13-9-11(4-5-12(13)22)10-14-16(24)21(18(26)28-14)7-2-3-15(23)20-17-19-6-8-27-17/h4-6,8-10,22H,2-3,7H2,1H3,(H,19,20,23)/b14-10-. The van der Waals surface area contributed by atoms with E-state index in [9.17, 15) is 14.7 Å². The number of amides is 2. The highest BCUT2D eigenvalue weighted by Gasteiger charge is 2.31. The molecule has 28 heavy (non-hydrogen) atoms. The van der Waals surface area contributed by atoms with E-state index in [1.165, 1.54) is 41.2 Å². The van der Waals surface area contributed by atoms with E-state index >= 15 is 0 Å². The smallest absolute Gasteiger partial charge is 0.266 e. The summed E-state index contributed by atoms with van der Waals surface area (Å²) in [6.45, 7) is 0.367. The van der Waals surface area contributed by atoms with E-state index in [0.29, 0.717) is 33.1 Å². The number of nitrogens with one attached hydrogen (secondary N) is 1. The fourth-order valence-corrected chi connectivity index (χ4v) is 4.35. The van der Waals surface area contributed by atoms with Crippen LogP contribution in [0.4, 0.5) is 5.13 Å². The Labute approximate surface area is 175 Å². The monoisotopic (exact) mass is 435 g/mol. The van der Waals surface area contributed by atoms with Gasteiger partial charge in [-0.05, 0) is 30.2 Å². The normalized spacial score (nSPS) is 15.3. The molecule has 1 saturated heterocycles. The maximum atomic E-state index is 12.6. The number of aromatic nitrogens is 1. The van der Waals surface area contributed by atoms with E-state index in [4.69, 9.17) is 17.0 Å². The first-order valence-corrected chi connectivity index (χ1v) is 10.4. The van der Waals surface area contributed by atoms with Crippen LogP contribution in [0.1, 0.15) is 18.4 Å². The van der Waals surface area contributed by atoms with Gasteiger partial charge in [0.15, 0.2) is 16.6 Å². The first-order chi connectivity index (χ1) is 13.5. The van der Waals surface area contributed by atoms with Gasteiger partial charge in [0, 0.05) is 24.5 Å². The lowest BCUT2D eigenvalue weighted by molar-refractivity contribution is -0.122. The molecule has 0 spiro atoms. The Kier molecular flexibility index (Phi) is 6.65. The number of phenolic OH excluding ortho intramolecular Hbond substituents is 1. The van der Waals surface area contributed by atoms with Crippen molar-refractivity contribution in [2.24, 2.45) is 0 Å². The lowest BCUT2D eigenvalue weighted by Gasteiger charge is -2.13. The molecule has 2 heterocycles. The van der Waals surface area contributed by atoms with Gasteiger partial charge < -0.3 is 15.2 Å². The number of rotatable bonds is 7. The quantitative estimate of drug-likeness (QED) is 0.508. The largest absolute Gasteiger partial charge is 0.504 e. The number of benzene rings is 1. The van der Waals surface area contributed by atoms with Crippen LogP contribution in [0.3, 0.4) is 0 Å². The summed E-state index contributed by atoms with van der Waals surface area (Å²) in [7, 11) is 1.46. The Morgan fingerprint density at radius 3 is 3.00 bits per heavy atom. The van der Waals surface area contributed by atoms with Crippen LogP contribution in [-0.2, 0) is 9.59 Å². The van der Waals surface area contributed by atoms with Crippen molar-refractivity contribution in [1.29, 1.82) is 0 Å². The SMILES string of the molecule is COc1cc(/C=C2\SC(=S)N(CCCC(=O)Nc3nccs3)C2=O)ccc1O. The van der Waals surface area contributed by atoms with Crippen LogP contribution in [0.15, 0.2) is 34.7 Å². The minimum Gasteiger partial charge on any atom is -0.504 e. The van der Waals surface area contributed by atoms with Gasteiger partial charge in [0.1, 0.15) is 4.32 Å². The summed E-state index contributed by atoms with van der Waals surface area (Å²) in [5.74, 6) is 0.0215. The molecule has 1 aliphatic heterocycles. The number of carbonyl (C=O) groups is 2. The van der Waals surface area contributed by atoms with Crippen molar-refractivity contribution in [3.05, 3.63) is 40.2 Å². The first-order valence-electron chi connectivity index (χ1n) is 8.29. The Hall–Kier alpha value is -2.43. The second-order valence-electron chi connectivity index (χ2n) is 5.75. The lowest BCUT2D eigenvalue weighted by atomic mass is 10.2. The highest BCUT2D eigenvalue weighted by Crippen LogP contribution is 2.34. The Bertz CT molecular complexity index is 928. The maximum absolute atomic E-state index is 12.6. The fourth-order valence-electron chi connectivity index (χ4n) is 2.49. The van der Waals surface area contributed by atoms with Crippen molar-refractivity contribution >= 4 is 62.7 Å². The summed E-state index contributed by atoms with van der Waals surface area (Å²) >= 11 is 7.87. The summed E-state index contributed by atoms with van der Waals surface area (Å²) in [5.41, 5.74) is 0.720. The number of methoxy groups -OCH3 is 1. The zero-order valence-electron chi connectivity index (χ0n) is 14.9. The minimum atomic E-state index is -0.192. The van der Waals surface area contributed by atoms with Gasteiger partial charge in [-0.2, -0.15) is 0 Å². The van der Waals surface area contributed by atoms with Crippen molar-refractivity contribution in [1.82, 2.24) is 9.88 Å². The fraction of sp³-hybridized carbons (Fsp3) is 0.222. The summed E-state index contributed by atoms with van der Waals surface area (Å²) in [5, 5.41) is 14.7. The topological polar surface area (TPSA) is 91.8 Å². The molecular weight excluding hydrogens is 418 g/mol. The molecule has 0 atom stereocenters. The summed E-state index contributed by atoms with van der Waals surface area (Å²) in [6, 6.07) is 4.84. The van der Waals surface area contributed by atoms with Crippen molar-refractivity contribution in [3.63, 3.8) is 0 Å². The number of aromatic hydroxyl groups is 1. The van der Waals surface area contributed by atoms with Gasteiger partial charge in [-0.25, -0.2) is 4.98 Å². The Morgan fingerprint density at radius 2 is 2.29 bits per heavy atom. The third-order valence-electron chi connectivity index (χ3n) is 3.84. The summed E-state index contributed by atoms with van der Waals surface area (Å²) < 4.78 is 5.54. The molecule has 0 unspecified atom stereocenters. The van der Waals surface area contributed by atoms with Crippen molar-refractivity contribution in [3.8, 4) is 11.5 Å². The first kappa shape index (κ1) is 20.3. The minimum absolute atomic E-state index is 0.0308. The van der Waals surface area contributed by atoms with Gasteiger partial charge in [-0.1, -0.05) is 30.0 Å². The van der Waals surface area contributed by atoms with E-state index in [0.717, 1.165) is 5.56 Å². The maximum Gasteiger partial charge on any atom is 0.266 e. The second kappa shape index (κ2) is 9.18. The Balaban J connectivity index is 1.58. The predicted molar refractivity (Wildman–Crippen MR) is 115 cm³/mol. The molecule has 2 N–H and O–H groups in total. The number of nitrogens with zero attached hydrogens (tertiary/aromatic N) is 2. The van der Waals surface area contributed by atoms with Crippen LogP contribution >= 0.6 is 35.3 Å². The number of hydrogen-bond acceptors (Lipinski definition) is 8. The summed E-state index contributed by atoms with van der Waals surface area (Å²) in [6.07, 6.45) is 4.08. The predicted octanol–water partition coefficient (Wildman–Crippen LogP) is 3.48. The van der Waals surface area contributed by atoms with Crippen molar-refractivity contribution < 1.29 is 19.4 Å². The molecule has 2 amide bonds. The third kappa shape index (κ3) is 4.89. The number of ether oxygens (including phenoxy) is 1. The molecule has 0 radical (unpaired) electrons. The lowest BCUT2D eigenvalue weighted by Crippen LogP contribution is -2.29. The molecule has 146 valence electrons. The zero-order valence-corrected chi connectivity index (χ0v) is 17.3. The zero-order chi connectivity index (χ0) is 20.1. The molecule has 0 saturated carbocycles. The van der Waals surface area contributed by atoms with Gasteiger partial charge in [0.05, 0.1) is 12.0 Å². The number of carbonyl (C=O) groups excluding carboxylic acids is 2. The van der Waals surface area contributed by atoms with Crippen LogP contribution in [0.25, 0.3) is 6.08 Å². The van der Waals surface area contributed by atoms with Crippen LogP contribution in [0, 0.1) is 0 Å². The molecule has 0 aliphatic carbocycles. The molecular formula is C18H17N3O4S3. The van der Waals surface area contributed by atoms with Gasteiger partial charge in [-0.15, -0.1) is 11.3 Å². The van der Waals surface area contributed by atoms with Gasteiger partial charge >= 0.3 is 0 Å². The van der Waals surface area contributed by atoms with Crippen LogP contribution in [0.5, 0.6) is 11.5 Å². The number of phenols is 1. The highest BCUT2D eigenvalue weighted by atomic mass is 32.2. The second-order valence-corrected chi connectivity index (χ2v) is 8.32. The van der Waals surface area contributed by atoms with Crippen LogP contribution in [-0.4, -0.2) is 44.8 Å². The van der Waals surface area contributed by atoms with E-state index < -0.39 is 0 Å². The average molecular weight is 436 g/mol. The van der Waals surface area contributed by atoms with Gasteiger partial charge in [0.2, 0.25) is 5.91 Å². The molecule has 10 heteroatoms. The number of thioether (sulfide) groups is 1. The van der Waals surface area contributed by atoms with E-state index in [1.54, 1.807) is 29.8 Å². The molecule has 1 aromatic heterocycles. The molecule has 3 rings (SSSR count). The van der Waals surface area contributed by atoms with Crippen molar-refractivity contribution in [2.75, 3.05) is 19.0 Å². The third-order valence-corrected chi connectivity index (χ3v) is 5.91. The van der Waals surface area contributed by atoms with Gasteiger partial charge in [-0.3, -0.25) is 14.5 Å². The summed E-state index contributed by atoms with van der Waals surface area (Å²) in [4.78, 5) is 30.5. The Morgan fingerprint density at radius 1 is 1.46 bits per heavy atom. The highest BCUT2D eigenvalue weighted by molar-refractivity contribution is 8.26. The molecule has 1 aromatic carbocycles. The number of thiocarbonyl (C=S) groups is 1. The van der Waals surface area contributed by atoms with E-state index in [-0.39, 0.29) is 24.0 Å². The number of thiazole rings is 1. The van der Waals surface area contributed by atoms with E-state index in [1.807, 2.05) is 0 Å². The van der Waals surface area contributed by atoms with Crippen LogP contribution in [0.2, 0.25) is 0 Å². The van der Waals surface area contributed by atoms with Crippen LogP contribution < -0.4 is 10.1 Å². The number of hydrogen-bond donors (Lipinski definition) is 2. The van der Waals surface area contributed by atoms with E-state index in [2.05, 4.69) is 10.3 Å². The molecule has 2 aromatic rings. The molecule has 1 fully saturated rings. The number of anilines is 1. The average Bonchev–Trinajstić information content (AvgIpc) is 3.26. The molecule has 0 bridgehead atoms. The van der Waals surface area contributed by atoms with Gasteiger partial charge in [0.25, 0.3) is 5.91 Å². The molecule has 7 nitrogen and oxygen atoms in total.